The minimum atomic E-state index is -0.333. The van der Waals surface area contributed by atoms with Gasteiger partial charge in [-0.1, -0.05) is 17.8 Å². The van der Waals surface area contributed by atoms with Crippen LogP contribution in [0, 0.1) is 0 Å². The fraction of sp³-hybridized carbons (Fsp3) is 0.667. The van der Waals surface area contributed by atoms with E-state index in [2.05, 4.69) is 11.9 Å². The molecule has 1 fully saturated rings. The van der Waals surface area contributed by atoms with Gasteiger partial charge in [0.15, 0.2) is 0 Å². The molecule has 5 heteroatoms. The number of ether oxygens (including phenoxy) is 3. The van der Waals surface area contributed by atoms with Gasteiger partial charge < -0.3 is 14.2 Å². The second kappa shape index (κ2) is 6.89. The maximum Gasteiger partial charge on any atom is 0.112 e. The third-order valence-electron chi connectivity index (χ3n) is 3.67. The second-order valence-corrected chi connectivity index (χ2v) is 6.33. The summed E-state index contributed by atoms with van der Waals surface area (Å²) in [6.07, 6.45) is 2.53. The summed E-state index contributed by atoms with van der Waals surface area (Å²) in [6.45, 7) is 6.80. The molecular weight excluding hydrogens is 274 g/mol. The SMILES string of the molecule is CCO[C@H]1[C@H](C)OC(Sc2ccccn2)C[C@@]1(C)OC. The summed E-state index contributed by atoms with van der Waals surface area (Å²) in [4.78, 5) is 4.34. The van der Waals surface area contributed by atoms with Gasteiger partial charge in [-0.15, -0.1) is 0 Å². The molecule has 0 spiro atoms. The topological polar surface area (TPSA) is 40.6 Å². The van der Waals surface area contributed by atoms with Crippen molar-refractivity contribution in [2.24, 2.45) is 0 Å². The van der Waals surface area contributed by atoms with Crippen LogP contribution in [0.5, 0.6) is 0 Å². The molecule has 4 atom stereocenters. The first-order chi connectivity index (χ1) is 9.59. The van der Waals surface area contributed by atoms with Gasteiger partial charge in [-0.05, 0) is 32.9 Å². The molecule has 0 bridgehead atoms. The summed E-state index contributed by atoms with van der Waals surface area (Å²) in [5.41, 5.74) is -0.304. The van der Waals surface area contributed by atoms with E-state index in [0.29, 0.717) is 6.61 Å². The van der Waals surface area contributed by atoms with Gasteiger partial charge >= 0.3 is 0 Å². The lowest BCUT2D eigenvalue weighted by Crippen LogP contribution is -2.56. The number of methoxy groups -OCH3 is 1. The van der Waals surface area contributed by atoms with E-state index in [1.165, 1.54) is 0 Å². The van der Waals surface area contributed by atoms with Gasteiger partial charge in [0.25, 0.3) is 0 Å². The maximum absolute atomic E-state index is 6.07. The molecule has 112 valence electrons. The average molecular weight is 297 g/mol. The largest absolute Gasteiger partial charge is 0.376 e. The van der Waals surface area contributed by atoms with Gasteiger partial charge in [0.2, 0.25) is 0 Å². The van der Waals surface area contributed by atoms with Gasteiger partial charge in [-0.25, -0.2) is 4.98 Å². The number of nitrogens with zero attached hydrogens (tertiary/aromatic N) is 1. The smallest absolute Gasteiger partial charge is 0.112 e. The van der Waals surface area contributed by atoms with Crippen molar-refractivity contribution in [1.82, 2.24) is 4.98 Å². The van der Waals surface area contributed by atoms with Crippen molar-refractivity contribution in [1.29, 1.82) is 0 Å². The van der Waals surface area contributed by atoms with E-state index >= 15 is 0 Å². The first kappa shape index (κ1) is 15.8. The van der Waals surface area contributed by atoms with E-state index in [1.807, 2.05) is 32.0 Å². The monoisotopic (exact) mass is 297 g/mol. The Morgan fingerprint density at radius 1 is 1.50 bits per heavy atom. The van der Waals surface area contributed by atoms with Crippen molar-refractivity contribution in [3.63, 3.8) is 0 Å². The Morgan fingerprint density at radius 3 is 2.90 bits per heavy atom. The van der Waals surface area contributed by atoms with Crippen LogP contribution in [0.4, 0.5) is 0 Å². The van der Waals surface area contributed by atoms with Gasteiger partial charge in [-0.2, -0.15) is 0 Å². The van der Waals surface area contributed by atoms with Crippen LogP contribution in [-0.4, -0.2) is 41.9 Å². The van der Waals surface area contributed by atoms with E-state index in [1.54, 1.807) is 25.1 Å². The molecule has 1 aromatic rings. The highest BCUT2D eigenvalue weighted by Gasteiger charge is 2.46. The number of thioether (sulfide) groups is 1. The lowest BCUT2D eigenvalue weighted by molar-refractivity contribution is -0.213. The molecule has 0 radical (unpaired) electrons. The van der Waals surface area contributed by atoms with Crippen molar-refractivity contribution >= 4 is 11.8 Å². The van der Waals surface area contributed by atoms with Crippen LogP contribution >= 0.6 is 11.8 Å². The fourth-order valence-corrected chi connectivity index (χ4v) is 3.81. The van der Waals surface area contributed by atoms with Crippen LogP contribution in [-0.2, 0) is 14.2 Å². The minimum Gasteiger partial charge on any atom is -0.376 e. The van der Waals surface area contributed by atoms with Crippen LogP contribution < -0.4 is 0 Å². The number of pyridine rings is 1. The molecule has 0 saturated carbocycles. The van der Waals surface area contributed by atoms with E-state index in [-0.39, 0.29) is 23.2 Å². The van der Waals surface area contributed by atoms with Crippen molar-refractivity contribution < 1.29 is 14.2 Å². The summed E-state index contributed by atoms with van der Waals surface area (Å²) >= 11 is 1.64. The highest BCUT2D eigenvalue weighted by molar-refractivity contribution is 7.99. The normalized spacial score (nSPS) is 34.1. The van der Waals surface area contributed by atoms with Gasteiger partial charge in [0.1, 0.15) is 11.5 Å². The highest BCUT2D eigenvalue weighted by Crippen LogP contribution is 2.39. The van der Waals surface area contributed by atoms with E-state index < -0.39 is 0 Å². The third-order valence-corrected chi connectivity index (χ3v) is 4.69. The molecule has 1 aliphatic rings. The molecule has 2 rings (SSSR count). The summed E-state index contributed by atoms with van der Waals surface area (Å²) in [6, 6.07) is 5.90. The minimum absolute atomic E-state index is 0.00476. The summed E-state index contributed by atoms with van der Waals surface area (Å²) in [5.74, 6) is 0. The zero-order chi connectivity index (χ0) is 14.6. The molecule has 20 heavy (non-hydrogen) atoms. The lowest BCUT2D eigenvalue weighted by Gasteiger charge is -2.46. The summed E-state index contributed by atoms with van der Waals surface area (Å²) in [7, 11) is 1.74. The number of aromatic nitrogens is 1. The quantitative estimate of drug-likeness (QED) is 0.835. The highest BCUT2D eigenvalue weighted by atomic mass is 32.2. The molecule has 1 aromatic heterocycles. The molecular formula is C15H23NO3S. The molecule has 0 N–H and O–H groups in total. The van der Waals surface area contributed by atoms with Crippen LogP contribution in [0.2, 0.25) is 0 Å². The lowest BCUT2D eigenvalue weighted by atomic mass is 9.89. The van der Waals surface area contributed by atoms with E-state index in [0.717, 1.165) is 11.4 Å². The number of hydrogen-bond donors (Lipinski definition) is 0. The molecule has 1 aliphatic heterocycles. The predicted octanol–water partition coefficient (Wildman–Crippen LogP) is 3.12. The molecule has 4 nitrogen and oxygen atoms in total. The van der Waals surface area contributed by atoms with Crippen LogP contribution in [0.15, 0.2) is 29.4 Å². The van der Waals surface area contributed by atoms with Crippen molar-refractivity contribution in [3.8, 4) is 0 Å². The zero-order valence-electron chi connectivity index (χ0n) is 12.5. The van der Waals surface area contributed by atoms with Crippen molar-refractivity contribution in [2.45, 2.75) is 55.5 Å². The Morgan fingerprint density at radius 2 is 2.30 bits per heavy atom. The number of hydrogen-bond acceptors (Lipinski definition) is 5. The molecule has 1 unspecified atom stereocenters. The summed E-state index contributed by atoms with van der Waals surface area (Å²) in [5, 5.41) is 0.970. The first-order valence-corrected chi connectivity index (χ1v) is 7.87. The maximum atomic E-state index is 6.07. The molecule has 0 amide bonds. The van der Waals surface area contributed by atoms with Crippen molar-refractivity contribution in [3.05, 3.63) is 24.4 Å². The predicted molar refractivity (Wildman–Crippen MR) is 79.9 cm³/mol. The van der Waals surface area contributed by atoms with E-state index in [9.17, 15) is 0 Å². The standard InChI is InChI=1S/C15H23NO3S/c1-5-18-14-11(2)19-13(10-15(14,3)17-4)20-12-8-6-7-9-16-12/h6-9,11,13-14H,5,10H2,1-4H3/t11-,13?,14-,15+/m0/s1. The van der Waals surface area contributed by atoms with Crippen LogP contribution in [0.1, 0.15) is 27.2 Å². The molecule has 1 saturated heterocycles. The van der Waals surface area contributed by atoms with Gasteiger partial charge in [-0.3, -0.25) is 0 Å². The second-order valence-electron chi connectivity index (χ2n) is 5.15. The Balaban J connectivity index is 2.08. The first-order valence-electron chi connectivity index (χ1n) is 6.99. The fourth-order valence-electron chi connectivity index (χ4n) is 2.61. The Bertz CT molecular complexity index is 417. The Hall–Kier alpha value is -0.620. The van der Waals surface area contributed by atoms with Crippen LogP contribution in [0.3, 0.4) is 0 Å². The summed E-state index contributed by atoms with van der Waals surface area (Å²) < 4.78 is 17.6. The third kappa shape index (κ3) is 3.52. The Kier molecular flexibility index (Phi) is 5.43. The molecule has 0 aliphatic carbocycles. The van der Waals surface area contributed by atoms with Crippen LogP contribution in [0.25, 0.3) is 0 Å². The Labute approximate surface area is 125 Å². The van der Waals surface area contributed by atoms with E-state index in [4.69, 9.17) is 14.2 Å². The van der Waals surface area contributed by atoms with Crippen molar-refractivity contribution in [2.75, 3.05) is 13.7 Å². The van der Waals surface area contributed by atoms with Gasteiger partial charge in [0.05, 0.1) is 16.7 Å². The average Bonchev–Trinajstić information content (AvgIpc) is 2.44. The zero-order valence-corrected chi connectivity index (χ0v) is 13.4. The number of rotatable bonds is 5. The van der Waals surface area contributed by atoms with Gasteiger partial charge in [0, 0.05) is 26.3 Å². The molecule has 0 aromatic carbocycles. The molecule has 2 heterocycles.